The zero-order valence-electron chi connectivity index (χ0n) is 11.2. The second-order valence-corrected chi connectivity index (χ2v) is 5.54. The van der Waals surface area contributed by atoms with Gasteiger partial charge in [-0.25, -0.2) is 0 Å². The molecule has 0 aromatic carbocycles. The Hall–Kier alpha value is -1.40. The highest BCUT2D eigenvalue weighted by molar-refractivity contribution is 7.10. The molecule has 0 fully saturated rings. The highest BCUT2D eigenvalue weighted by Crippen LogP contribution is 2.21. The van der Waals surface area contributed by atoms with E-state index in [1.807, 2.05) is 24.4 Å². The maximum absolute atomic E-state index is 11.8. The molecule has 0 aliphatic heterocycles. The molecule has 0 saturated carbocycles. The van der Waals surface area contributed by atoms with Crippen molar-refractivity contribution in [2.75, 3.05) is 13.2 Å². The lowest BCUT2D eigenvalue weighted by Crippen LogP contribution is -2.34. The number of amides is 2. The molecule has 1 aromatic rings. The Kier molecular flexibility index (Phi) is 6.52. The zero-order valence-corrected chi connectivity index (χ0v) is 12.0. The molecule has 3 N–H and O–H groups in total. The van der Waals surface area contributed by atoms with Gasteiger partial charge in [-0.2, -0.15) is 0 Å². The summed E-state index contributed by atoms with van der Waals surface area (Å²) in [4.78, 5) is 23.9. The zero-order chi connectivity index (χ0) is 14.3. The van der Waals surface area contributed by atoms with E-state index in [2.05, 4.69) is 10.6 Å². The maximum Gasteiger partial charge on any atom is 0.222 e. The predicted octanol–water partition coefficient (Wildman–Crippen LogP) is 1.06. The van der Waals surface area contributed by atoms with Gasteiger partial charge in [-0.15, -0.1) is 11.3 Å². The Bertz CT molecular complexity index is 406. The number of thiophene rings is 1. The second-order valence-electron chi connectivity index (χ2n) is 4.56. The number of hydrogen-bond acceptors (Lipinski definition) is 4. The van der Waals surface area contributed by atoms with E-state index in [0.717, 1.165) is 4.88 Å². The molecule has 0 aliphatic rings. The van der Waals surface area contributed by atoms with Crippen LogP contribution in [-0.2, 0) is 9.59 Å². The van der Waals surface area contributed by atoms with Gasteiger partial charge in [-0.3, -0.25) is 9.59 Å². The van der Waals surface area contributed by atoms with E-state index in [9.17, 15) is 9.59 Å². The van der Waals surface area contributed by atoms with Gasteiger partial charge in [-0.1, -0.05) is 13.0 Å². The third-order valence-corrected chi connectivity index (χ3v) is 3.60. The third-order valence-electron chi connectivity index (χ3n) is 2.61. The molecular weight excluding hydrogens is 264 g/mol. The molecule has 106 valence electrons. The van der Waals surface area contributed by atoms with Crippen LogP contribution in [0.4, 0.5) is 0 Å². The van der Waals surface area contributed by atoms with E-state index in [4.69, 9.17) is 5.11 Å². The van der Waals surface area contributed by atoms with Crippen molar-refractivity contribution in [1.29, 1.82) is 0 Å². The average molecular weight is 284 g/mol. The Morgan fingerprint density at radius 1 is 1.47 bits per heavy atom. The first-order valence-electron chi connectivity index (χ1n) is 6.21. The molecule has 2 atom stereocenters. The Morgan fingerprint density at radius 3 is 2.74 bits per heavy atom. The van der Waals surface area contributed by atoms with Gasteiger partial charge in [0.15, 0.2) is 0 Å². The summed E-state index contributed by atoms with van der Waals surface area (Å²) in [5.74, 6) is -0.257. The summed E-state index contributed by atoms with van der Waals surface area (Å²) in [6.45, 7) is 3.77. The molecule has 1 heterocycles. The van der Waals surface area contributed by atoms with Crippen molar-refractivity contribution >= 4 is 23.2 Å². The number of carbonyl (C=O) groups is 2. The van der Waals surface area contributed by atoms with Gasteiger partial charge in [0.1, 0.15) is 0 Å². The Labute approximate surface area is 117 Å². The molecule has 0 bridgehead atoms. The van der Waals surface area contributed by atoms with E-state index >= 15 is 0 Å². The Balaban J connectivity index is 2.53. The molecule has 0 saturated heterocycles. The first-order chi connectivity index (χ1) is 9.02. The molecule has 1 rings (SSSR count). The second kappa shape index (κ2) is 7.91. The minimum atomic E-state index is -0.290. The predicted molar refractivity (Wildman–Crippen MR) is 74.8 cm³/mol. The standard InChI is InChI=1S/C13H20N2O3S/c1-9(8-16)7-14-13(18)6-11(15-10(2)17)12-4-3-5-19-12/h3-5,9,11,16H,6-8H2,1-2H3,(H,14,18)(H,15,17). The van der Waals surface area contributed by atoms with Gasteiger partial charge >= 0.3 is 0 Å². The van der Waals surface area contributed by atoms with Crippen molar-refractivity contribution in [2.45, 2.75) is 26.3 Å². The van der Waals surface area contributed by atoms with E-state index in [-0.39, 0.29) is 36.8 Å². The summed E-state index contributed by atoms with van der Waals surface area (Å²) in [6, 6.07) is 3.50. The largest absolute Gasteiger partial charge is 0.396 e. The summed E-state index contributed by atoms with van der Waals surface area (Å²) in [5, 5.41) is 16.3. The number of carbonyl (C=O) groups excluding carboxylic acids is 2. The van der Waals surface area contributed by atoms with Gasteiger partial charge in [0.2, 0.25) is 11.8 Å². The molecule has 0 radical (unpaired) electrons. The van der Waals surface area contributed by atoms with Crippen molar-refractivity contribution < 1.29 is 14.7 Å². The molecule has 19 heavy (non-hydrogen) atoms. The average Bonchev–Trinajstić information content (AvgIpc) is 2.88. The van der Waals surface area contributed by atoms with Gasteiger partial charge in [0.05, 0.1) is 12.5 Å². The van der Waals surface area contributed by atoms with Crippen molar-refractivity contribution in [3.63, 3.8) is 0 Å². The lowest BCUT2D eigenvalue weighted by molar-refractivity contribution is -0.122. The topological polar surface area (TPSA) is 78.4 Å². The van der Waals surface area contributed by atoms with E-state index < -0.39 is 0 Å². The summed E-state index contributed by atoms with van der Waals surface area (Å²) >= 11 is 1.51. The van der Waals surface area contributed by atoms with Crippen molar-refractivity contribution in [2.24, 2.45) is 5.92 Å². The quantitative estimate of drug-likeness (QED) is 0.700. The third kappa shape index (κ3) is 5.85. The smallest absolute Gasteiger partial charge is 0.222 e. The van der Waals surface area contributed by atoms with Gasteiger partial charge in [0.25, 0.3) is 0 Å². The molecule has 6 heteroatoms. The molecule has 1 aromatic heterocycles. The monoisotopic (exact) mass is 284 g/mol. The maximum atomic E-state index is 11.8. The van der Waals surface area contributed by atoms with Crippen molar-refractivity contribution in [3.05, 3.63) is 22.4 Å². The van der Waals surface area contributed by atoms with E-state index in [1.54, 1.807) is 0 Å². The van der Waals surface area contributed by atoms with Crippen molar-refractivity contribution in [3.8, 4) is 0 Å². The summed E-state index contributed by atoms with van der Waals surface area (Å²) < 4.78 is 0. The number of hydrogen-bond donors (Lipinski definition) is 3. The molecule has 5 nitrogen and oxygen atoms in total. The molecule has 2 unspecified atom stereocenters. The number of rotatable bonds is 7. The minimum absolute atomic E-state index is 0.0323. The van der Waals surface area contributed by atoms with Crippen LogP contribution in [0.3, 0.4) is 0 Å². The van der Waals surface area contributed by atoms with Crippen LogP contribution in [-0.4, -0.2) is 30.1 Å². The lowest BCUT2D eigenvalue weighted by atomic mass is 10.1. The van der Waals surface area contributed by atoms with Crippen LogP contribution in [0.1, 0.15) is 31.2 Å². The fraction of sp³-hybridized carbons (Fsp3) is 0.538. The molecule has 0 aliphatic carbocycles. The van der Waals surface area contributed by atoms with Crippen molar-refractivity contribution in [1.82, 2.24) is 10.6 Å². The van der Waals surface area contributed by atoms with Crippen LogP contribution >= 0.6 is 11.3 Å². The van der Waals surface area contributed by atoms with Crippen LogP contribution < -0.4 is 10.6 Å². The lowest BCUT2D eigenvalue weighted by Gasteiger charge is -2.17. The molecule has 0 spiro atoms. The number of nitrogens with one attached hydrogen (secondary N) is 2. The number of aliphatic hydroxyl groups is 1. The normalized spacial score (nSPS) is 13.6. The van der Waals surface area contributed by atoms with Crippen LogP contribution in [0.15, 0.2) is 17.5 Å². The summed E-state index contributed by atoms with van der Waals surface area (Å²) in [6.07, 6.45) is 0.207. The van der Waals surface area contributed by atoms with Gasteiger partial charge in [0, 0.05) is 25.0 Å². The van der Waals surface area contributed by atoms with E-state index in [1.165, 1.54) is 18.3 Å². The SMILES string of the molecule is CC(=O)NC(CC(=O)NCC(C)CO)c1cccs1. The fourth-order valence-corrected chi connectivity index (χ4v) is 2.35. The van der Waals surface area contributed by atoms with Crippen LogP contribution in [0.25, 0.3) is 0 Å². The van der Waals surface area contributed by atoms with Crippen LogP contribution in [0.5, 0.6) is 0 Å². The van der Waals surface area contributed by atoms with Gasteiger partial charge in [-0.05, 0) is 17.4 Å². The number of aliphatic hydroxyl groups excluding tert-OH is 1. The Morgan fingerprint density at radius 2 is 2.21 bits per heavy atom. The van der Waals surface area contributed by atoms with E-state index in [0.29, 0.717) is 6.54 Å². The molecular formula is C13H20N2O3S. The highest BCUT2D eigenvalue weighted by atomic mass is 32.1. The first-order valence-corrected chi connectivity index (χ1v) is 7.09. The first kappa shape index (κ1) is 15.7. The van der Waals surface area contributed by atoms with Gasteiger partial charge < -0.3 is 15.7 Å². The molecule has 2 amide bonds. The summed E-state index contributed by atoms with van der Waals surface area (Å²) in [7, 11) is 0. The summed E-state index contributed by atoms with van der Waals surface area (Å²) in [5.41, 5.74) is 0. The highest BCUT2D eigenvalue weighted by Gasteiger charge is 2.18. The van der Waals surface area contributed by atoms with Crippen LogP contribution in [0.2, 0.25) is 0 Å². The van der Waals surface area contributed by atoms with Crippen LogP contribution in [0, 0.1) is 5.92 Å². The fourth-order valence-electron chi connectivity index (χ4n) is 1.57. The minimum Gasteiger partial charge on any atom is -0.396 e.